The summed E-state index contributed by atoms with van der Waals surface area (Å²) >= 11 is 0. The molecule has 27 heavy (non-hydrogen) atoms. The van der Waals surface area contributed by atoms with E-state index in [1.807, 2.05) is 30.5 Å². The summed E-state index contributed by atoms with van der Waals surface area (Å²) in [5, 5.41) is 8.03. The Morgan fingerprint density at radius 1 is 1.30 bits per heavy atom. The zero-order chi connectivity index (χ0) is 19.0. The highest BCUT2D eigenvalue weighted by Crippen LogP contribution is 2.26. The standard InChI is InChI=1S/C21H25N5O/c1-14-11-16(13-21(2,3)25-14)23-20-22-9-7-19(24-20)26-10-8-15-12-17(27-4)5-6-18(15)26/h5-10,12,16,25H,1,11,13H2,2-4H3,(H,22,23,24). The highest BCUT2D eigenvalue weighted by Gasteiger charge is 2.29. The highest BCUT2D eigenvalue weighted by atomic mass is 16.5. The van der Waals surface area contributed by atoms with Crippen molar-refractivity contribution in [1.82, 2.24) is 19.9 Å². The van der Waals surface area contributed by atoms with Crippen LogP contribution in [-0.4, -0.2) is 33.2 Å². The highest BCUT2D eigenvalue weighted by molar-refractivity contribution is 5.83. The van der Waals surface area contributed by atoms with E-state index in [4.69, 9.17) is 9.72 Å². The molecule has 3 aromatic rings. The summed E-state index contributed by atoms with van der Waals surface area (Å²) < 4.78 is 7.37. The maximum Gasteiger partial charge on any atom is 0.224 e. The van der Waals surface area contributed by atoms with Gasteiger partial charge in [0.05, 0.1) is 12.6 Å². The molecule has 4 rings (SSSR count). The van der Waals surface area contributed by atoms with Crippen LogP contribution in [-0.2, 0) is 0 Å². The number of methoxy groups -OCH3 is 1. The van der Waals surface area contributed by atoms with Crippen molar-refractivity contribution in [3.8, 4) is 11.6 Å². The van der Waals surface area contributed by atoms with Crippen LogP contribution in [0.5, 0.6) is 5.75 Å². The van der Waals surface area contributed by atoms with Crippen molar-refractivity contribution in [1.29, 1.82) is 0 Å². The van der Waals surface area contributed by atoms with Crippen molar-refractivity contribution >= 4 is 16.9 Å². The van der Waals surface area contributed by atoms with Gasteiger partial charge in [-0.05, 0) is 50.6 Å². The minimum atomic E-state index is 0.0142. The topological polar surface area (TPSA) is 64.0 Å². The van der Waals surface area contributed by atoms with Gasteiger partial charge < -0.3 is 19.9 Å². The Bertz CT molecular complexity index is 991. The van der Waals surface area contributed by atoms with Gasteiger partial charge in [-0.2, -0.15) is 4.98 Å². The second kappa shape index (κ2) is 6.61. The van der Waals surface area contributed by atoms with Crippen molar-refractivity contribution in [2.24, 2.45) is 0 Å². The Hall–Kier alpha value is -3.02. The number of aromatic nitrogens is 3. The minimum absolute atomic E-state index is 0.0142. The molecule has 2 aromatic heterocycles. The summed E-state index contributed by atoms with van der Waals surface area (Å²) in [4.78, 5) is 9.15. The van der Waals surface area contributed by atoms with Crippen molar-refractivity contribution in [2.75, 3.05) is 12.4 Å². The number of nitrogens with one attached hydrogen (secondary N) is 2. The predicted octanol–water partition coefficient (Wildman–Crippen LogP) is 3.89. The molecule has 0 radical (unpaired) electrons. The first-order valence-electron chi connectivity index (χ1n) is 9.14. The van der Waals surface area contributed by atoms with Crippen LogP contribution in [0.2, 0.25) is 0 Å². The normalized spacial score (nSPS) is 18.9. The third-order valence-corrected chi connectivity index (χ3v) is 4.88. The number of hydrogen-bond donors (Lipinski definition) is 2. The summed E-state index contributed by atoms with van der Waals surface area (Å²) in [5.41, 5.74) is 2.14. The second-order valence-corrected chi connectivity index (χ2v) is 7.71. The Morgan fingerprint density at radius 3 is 2.93 bits per heavy atom. The molecule has 3 heterocycles. The van der Waals surface area contributed by atoms with Gasteiger partial charge in [-0.15, -0.1) is 0 Å². The molecular weight excluding hydrogens is 338 g/mol. The van der Waals surface area contributed by atoms with Crippen molar-refractivity contribution < 1.29 is 4.74 Å². The number of nitrogens with zero attached hydrogens (tertiary/aromatic N) is 3. The van der Waals surface area contributed by atoms with Crippen LogP contribution < -0.4 is 15.4 Å². The van der Waals surface area contributed by atoms with Crippen LogP contribution in [0.1, 0.15) is 26.7 Å². The van der Waals surface area contributed by atoms with Gasteiger partial charge in [0.2, 0.25) is 5.95 Å². The van der Waals surface area contributed by atoms with Crippen LogP contribution in [0, 0.1) is 0 Å². The largest absolute Gasteiger partial charge is 0.497 e. The lowest BCUT2D eigenvalue weighted by atomic mass is 9.88. The van der Waals surface area contributed by atoms with E-state index in [0.29, 0.717) is 5.95 Å². The monoisotopic (exact) mass is 363 g/mol. The molecule has 1 fully saturated rings. The van der Waals surface area contributed by atoms with Gasteiger partial charge in [0, 0.05) is 41.5 Å². The minimum Gasteiger partial charge on any atom is -0.497 e. The lowest BCUT2D eigenvalue weighted by Crippen LogP contribution is -2.48. The van der Waals surface area contributed by atoms with Gasteiger partial charge in [0.1, 0.15) is 11.6 Å². The van der Waals surface area contributed by atoms with E-state index in [-0.39, 0.29) is 11.6 Å². The third-order valence-electron chi connectivity index (χ3n) is 4.88. The summed E-state index contributed by atoms with van der Waals surface area (Å²) in [5.74, 6) is 2.32. The molecule has 6 nitrogen and oxygen atoms in total. The smallest absolute Gasteiger partial charge is 0.224 e. The molecule has 0 saturated carbocycles. The molecule has 0 bridgehead atoms. The lowest BCUT2D eigenvalue weighted by molar-refractivity contribution is 0.324. The quantitative estimate of drug-likeness (QED) is 0.736. The molecule has 1 aliphatic rings. The molecule has 2 N–H and O–H groups in total. The number of anilines is 1. The molecule has 1 aromatic carbocycles. The predicted molar refractivity (Wildman–Crippen MR) is 108 cm³/mol. The molecule has 1 atom stereocenters. The number of piperidine rings is 1. The van der Waals surface area contributed by atoms with Gasteiger partial charge in [-0.3, -0.25) is 0 Å². The number of hydrogen-bond acceptors (Lipinski definition) is 5. The molecule has 1 aliphatic heterocycles. The van der Waals surface area contributed by atoms with Crippen molar-refractivity contribution in [2.45, 2.75) is 38.3 Å². The Kier molecular flexibility index (Phi) is 4.26. The van der Waals surface area contributed by atoms with E-state index in [9.17, 15) is 0 Å². The van der Waals surface area contributed by atoms with Gasteiger partial charge in [0.25, 0.3) is 0 Å². The fourth-order valence-electron chi connectivity index (χ4n) is 3.85. The molecule has 6 heteroatoms. The maximum atomic E-state index is 5.31. The van der Waals surface area contributed by atoms with Gasteiger partial charge in [0.15, 0.2) is 0 Å². The Balaban J connectivity index is 1.60. The molecular formula is C21H25N5O. The second-order valence-electron chi connectivity index (χ2n) is 7.71. The third kappa shape index (κ3) is 3.60. The first-order chi connectivity index (χ1) is 12.9. The SMILES string of the molecule is C=C1CC(Nc2nccc(-n3ccc4cc(OC)ccc43)n2)CC(C)(C)N1. The summed E-state index contributed by atoms with van der Waals surface area (Å²) in [6.07, 6.45) is 5.65. The molecule has 140 valence electrons. The van der Waals surface area contributed by atoms with Crippen LogP contribution in [0.4, 0.5) is 5.95 Å². The van der Waals surface area contributed by atoms with Crippen LogP contribution >= 0.6 is 0 Å². The van der Waals surface area contributed by atoms with Crippen LogP contribution in [0.15, 0.2) is 55.0 Å². The summed E-state index contributed by atoms with van der Waals surface area (Å²) in [6.45, 7) is 8.47. The maximum absolute atomic E-state index is 5.31. The first-order valence-corrected chi connectivity index (χ1v) is 9.14. The summed E-state index contributed by atoms with van der Waals surface area (Å²) in [7, 11) is 1.68. The fourth-order valence-corrected chi connectivity index (χ4v) is 3.85. The zero-order valence-corrected chi connectivity index (χ0v) is 16.0. The van der Waals surface area contributed by atoms with E-state index in [2.05, 4.69) is 46.7 Å². The lowest BCUT2D eigenvalue weighted by Gasteiger charge is -2.38. The number of fused-ring (bicyclic) bond motifs is 1. The average molecular weight is 363 g/mol. The molecule has 1 saturated heterocycles. The molecule has 0 aliphatic carbocycles. The molecule has 0 spiro atoms. The van der Waals surface area contributed by atoms with Gasteiger partial charge in [-0.25, -0.2) is 4.98 Å². The van der Waals surface area contributed by atoms with Crippen molar-refractivity contribution in [3.63, 3.8) is 0 Å². The van der Waals surface area contributed by atoms with E-state index < -0.39 is 0 Å². The van der Waals surface area contributed by atoms with Gasteiger partial charge >= 0.3 is 0 Å². The summed E-state index contributed by atoms with van der Waals surface area (Å²) in [6, 6.07) is 10.3. The van der Waals surface area contributed by atoms with Gasteiger partial charge in [-0.1, -0.05) is 6.58 Å². The number of ether oxygens (including phenoxy) is 1. The number of rotatable bonds is 4. The van der Waals surface area contributed by atoms with E-state index >= 15 is 0 Å². The fraction of sp³-hybridized carbons (Fsp3) is 0.333. The number of benzene rings is 1. The Labute approximate surface area is 159 Å². The van der Waals surface area contributed by atoms with E-state index in [0.717, 1.165) is 41.0 Å². The van der Waals surface area contributed by atoms with Crippen LogP contribution in [0.3, 0.4) is 0 Å². The average Bonchev–Trinajstić information content (AvgIpc) is 3.03. The molecule has 0 amide bonds. The van der Waals surface area contributed by atoms with Crippen LogP contribution in [0.25, 0.3) is 16.7 Å². The first kappa shape index (κ1) is 17.4. The zero-order valence-electron chi connectivity index (χ0n) is 16.0. The van der Waals surface area contributed by atoms with E-state index in [1.54, 1.807) is 13.3 Å². The van der Waals surface area contributed by atoms with Crippen molar-refractivity contribution in [3.05, 3.63) is 55.0 Å². The van der Waals surface area contributed by atoms with E-state index in [1.165, 1.54) is 0 Å². The Morgan fingerprint density at radius 2 is 2.15 bits per heavy atom. The molecule has 1 unspecified atom stereocenters.